The number of unbranched alkanes of at least 4 members (excludes halogenated alkanes) is 1. The molecular weight excluding hydrogens is 226 g/mol. The molecule has 1 aromatic heterocycles. The molecule has 1 aliphatic rings. The Morgan fingerprint density at radius 3 is 2.89 bits per heavy atom. The Morgan fingerprint density at radius 2 is 2.22 bits per heavy atom. The molecule has 4 heteroatoms. The largest absolute Gasteiger partial charge is 0.395 e. The standard InChI is InChI=1S/C14H25N3O/c1-2-3-4-13-11-17(9-10-18)14(16-13)12-5-7-15-8-6-12/h11-12,15,18H,2-10H2,1H3. The highest BCUT2D eigenvalue weighted by atomic mass is 16.3. The van der Waals surface area contributed by atoms with Gasteiger partial charge in [-0.25, -0.2) is 4.98 Å². The Labute approximate surface area is 109 Å². The number of hydrogen-bond acceptors (Lipinski definition) is 3. The fourth-order valence-electron chi connectivity index (χ4n) is 2.66. The first-order valence-corrected chi connectivity index (χ1v) is 7.22. The van der Waals surface area contributed by atoms with Crippen molar-refractivity contribution in [2.75, 3.05) is 19.7 Å². The lowest BCUT2D eigenvalue weighted by Gasteiger charge is -2.22. The first kappa shape index (κ1) is 13.6. The van der Waals surface area contributed by atoms with Gasteiger partial charge < -0.3 is 15.0 Å². The van der Waals surface area contributed by atoms with Crippen molar-refractivity contribution in [2.24, 2.45) is 0 Å². The first-order chi connectivity index (χ1) is 8.85. The van der Waals surface area contributed by atoms with Crippen LogP contribution in [0.2, 0.25) is 0 Å². The lowest BCUT2D eigenvalue weighted by Crippen LogP contribution is -2.28. The molecule has 4 nitrogen and oxygen atoms in total. The van der Waals surface area contributed by atoms with Crippen LogP contribution >= 0.6 is 0 Å². The summed E-state index contributed by atoms with van der Waals surface area (Å²) in [5.41, 5.74) is 1.19. The van der Waals surface area contributed by atoms with Crippen molar-refractivity contribution in [1.29, 1.82) is 0 Å². The van der Waals surface area contributed by atoms with Crippen LogP contribution in [0.15, 0.2) is 6.20 Å². The number of imidazole rings is 1. The highest BCUT2D eigenvalue weighted by Gasteiger charge is 2.20. The fourth-order valence-corrected chi connectivity index (χ4v) is 2.66. The van der Waals surface area contributed by atoms with E-state index in [-0.39, 0.29) is 6.61 Å². The second-order valence-corrected chi connectivity index (χ2v) is 5.14. The second kappa shape index (κ2) is 6.90. The molecule has 0 aliphatic carbocycles. The molecule has 0 bridgehead atoms. The lowest BCUT2D eigenvalue weighted by atomic mass is 9.97. The molecule has 0 saturated carbocycles. The van der Waals surface area contributed by atoms with Crippen molar-refractivity contribution in [3.8, 4) is 0 Å². The van der Waals surface area contributed by atoms with Gasteiger partial charge in [-0.1, -0.05) is 13.3 Å². The minimum Gasteiger partial charge on any atom is -0.395 e. The number of aromatic nitrogens is 2. The third-order valence-corrected chi connectivity index (χ3v) is 3.69. The molecule has 2 N–H and O–H groups in total. The number of aliphatic hydroxyl groups excluding tert-OH is 1. The monoisotopic (exact) mass is 251 g/mol. The second-order valence-electron chi connectivity index (χ2n) is 5.14. The van der Waals surface area contributed by atoms with Crippen molar-refractivity contribution < 1.29 is 5.11 Å². The van der Waals surface area contributed by atoms with E-state index in [2.05, 4.69) is 23.0 Å². The van der Waals surface area contributed by atoms with Gasteiger partial charge in [-0.15, -0.1) is 0 Å². The van der Waals surface area contributed by atoms with Gasteiger partial charge in [0.1, 0.15) is 5.82 Å². The highest BCUT2D eigenvalue weighted by Crippen LogP contribution is 2.25. The van der Waals surface area contributed by atoms with Crippen LogP contribution in [0.5, 0.6) is 0 Å². The van der Waals surface area contributed by atoms with Gasteiger partial charge in [0.2, 0.25) is 0 Å². The topological polar surface area (TPSA) is 50.1 Å². The summed E-state index contributed by atoms with van der Waals surface area (Å²) in [7, 11) is 0. The number of rotatable bonds is 6. The zero-order valence-electron chi connectivity index (χ0n) is 11.4. The molecule has 18 heavy (non-hydrogen) atoms. The summed E-state index contributed by atoms with van der Waals surface area (Å²) in [5, 5.41) is 12.6. The van der Waals surface area contributed by atoms with Gasteiger partial charge in [-0.05, 0) is 38.8 Å². The van der Waals surface area contributed by atoms with Crippen LogP contribution in [0.1, 0.15) is 50.0 Å². The molecule has 1 saturated heterocycles. The molecule has 2 rings (SSSR count). The number of nitrogens with one attached hydrogen (secondary N) is 1. The Morgan fingerprint density at radius 1 is 1.44 bits per heavy atom. The molecule has 2 heterocycles. The van der Waals surface area contributed by atoms with E-state index in [1.54, 1.807) is 0 Å². The smallest absolute Gasteiger partial charge is 0.112 e. The maximum Gasteiger partial charge on any atom is 0.112 e. The molecule has 1 aliphatic heterocycles. The normalized spacial score (nSPS) is 17.2. The van der Waals surface area contributed by atoms with E-state index in [0.717, 1.165) is 32.4 Å². The summed E-state index contributed by atoms with van der Waals surface area (Å²) in [6, 6.07) is 0. The lowest BCUT2D eigenvalue weighted by molar-refractivity contribution is 0.271. The average Bonchev–Trinajstić information content (AvgIpc) is 2.81. The van der Waals surface area contributed by atoms with Crippen molar-refractivity contribution in [3.05, 3.63) is 17.7 Å². The van der Waals surface area contributed by atoms with Crippen molar-refractivity contribution in [2.45, 2.75) is 51.5 Å². The van der Waals surface area contributed by atoms with Crippen LogP contribution in [0.3, 0.4) is 0 Å². The number of aliphatic hydroxyl groups is 1. The van der Waals surface area contributed by atoms with Gasteiger partial charge in [0.05, 0.1) is 12.3 Å². The number of piperidine rings is 1. The third-order valence-electron chi connectivity index (χ3n) is 3.69. The molecule has 1 fully saturated rings. The summed E-state index contributed by atoms with van der Waals surface area (Å²) in [6.45, 7) is 5.25. The van der Waals surface area contributed by atoms with Crippen LogP contribution in [0.25, 0.3) is 0 Å². The van der Waals surface area contributed by atoms with E-state index in [1.165, 1.54) is 24.4 Å². The maximum absolute atomic E-state index is 9.17. The van der Waals surface area contributed by atoms with Gasteiger partial charge in [0, 0.05) is 18.7 Å². The molecule has 0 atom stereocenters. The maximum atomic E-state index is 9.17. The van der Waals surface area contributed by atoms with Gasteiger partial charge in [0.15, 0.2) is 0 Å². The SMILES string of the molecule is CCCCc1cn(CCO)c(C2CCNCC2)n1. The summed E-state index contributed by atoms with van der Waals surface area (Å²) in [6.07, 6.45) is 7.93. The Kier molecular flexibility index (Phi) is 5.20. The molecule has 0 unspecified atom stereocenters. The van der Waals surface area contributed by atoms with Gasteiger partial charge in [0.25, 0.3) is 0 Å². The van der Waals surface area contributed by atoms with Crippen LogP contribution in [0.4, 0.5) is 0 Å². The average molecular weight is 251 g/mol. The fraction of sp³-hybridized carbons (Fsp3) is 0.786. The van der Waals surface area contributed by atoms with Crippen LogP contribution in [-0.4, -0.2) is 34.4 Å². The molecule has 0 aromatic carbocycles. The van der Waals surface area contributed by atoms with E-state index in [0.29, 0.717) is 12.5 Å². The van der Waals surface area contributed by atoms with Gasteiger partial charge in [-0.3, -0.25) is 0 Å². The minimum atomic E-state index is 0.196. The summed E-state index contributed by atoms with van der Waals surface area (Å²) in [4.78, 5) is 4.81. The van der Waals surface area contributed by atoms with Crippen molar-refractivity contribution >= 4 is 0 Å². The first-order valence-electron chi connectivity index (χ1n) is 7.22. The quantitative estimate of drug-likeness (QED) is 0.809. The third kappa shape index (κ3) is 3.33. The van der Waals surface area contributed by atoms with Crippen molar-refractivity contribution in [1.82, 2.24) is 14.9 Å². The van der Waals surface area contributed by atoms with E-state index in [4.69, 9.17) is 10.1 Å². The highest BCUT2D eigenvalue weighted by molar-refractivity contribution is 5.10. The summed E-state index contributed by atoms with van der Waals surface area (Å²) >= 11 is 0. The molecule has 0 amide bonds. The van der Waals surface area contributed by atoms with Crippen LogP contribution in [0, 0.1) is 0 Å². The predicted molar refractivity (Wildman–Crippen MR) is 72.8 cm³/mol. The molecule has 102 valence electrons. The number of aryl methyl sites for hydroxylation is 1. The number of nitrogens with zero attached hydrogens (tertiary/aromatic N) is 2. The molecule has 0 radical (unpaired) electrons. The zero-order valence-corrected chi connectivity index (χ0v) is 11.4. The Bertz CT molecular complexity index is 356. The summed E-state index contributed by atoms with van der Waals surface area (Å²) < 4.78 is 2.17. The Balaban J connectivity index is 2.11. The van der Waals surface area contributed by atoms with Gasteiger partial charge >= 0.3 is 0 Å². The molecule has 0 spiro atoms. The predicted octanol–water partition coefficient (Wildman–Crippen LogP) is 1.68. The van der Waals surface area contributed by atoms with E-state index in [1.807, 2.05) is 0 Å². The minimum absolute atomic E-state index is 0.196. The van der Waals surface area contributed by atoms with Crippen molar-refractivity contribution in [3.63, 3.8) is 0 Å². The molecular formula is C14H25N3O. The van der Waals surface area contributed by atoms with Crippen LogP contribution in [-0.2, 0) is 13.0 Å². The molecule has 1 aromatic rings. The Hall–Kier alpha value is -0.870. The van der Waals surface area contributed by atoms with E-state index < -0.39 is 0 Å². The van der Waals surface area contributed by atoms with Crippen LogP contribution < -0.4 is 5.32 Å². The number of hydrogen-bond donors (Lipinski definition) is 2. The van der Waals surface area contributed by atoms with E-state index in [9.17, 15) is 0 Å². The zero-order chi connectivity index (χ0) is 12.8. The van der Waals surface area contributed by atoms with E-state index >= 15 is 0 Å². The van der Waals surface area contributed by atoms with Gasteiger partial charge in [-0.2, -0.15) is 0 Å². The summed E-state index contributed by atoms with van der Waals surface area (Å²) in [5.74, 6) is 1.75.